The van der Waals surface area contributed by atoms with Gasteiger partial charge in [-0.3, -0.25) is 4.79 Å². The van der Waals surface area contributed by atoms with E-state index >= 15 is 0 Å². The molecule has 0 spiro atoms. The summed E-state index contributed by atoms with van der Waals surface area (Å²) in [7, 11) is 0. The van der Waals surface area contributed by atoms with E-state index in [1.807, 2.05) is 23.1 Å². The maximum Gasteiger partial charge on any atom is 0.258 e. The van der Waals surface area contributed by atoms with Crippen LogP contribution in [-0.4, -0.2) is 40.8 Å². The largest absolute Gasteiger partial charge is 0.454 e. The number of fused-ring (bicyclic) bond motifs is 1. The minimum absolute atomic E-state index is 0.0495. The highest BCUT2D eigenvalue weighted by Gasteiger charge is 2.33. The average molecular weight is 391 g/mol. The maximum atomic E-state index is 12.5. The first kappa shape index (κ1) is 17.7. The molecule has 2 aromatic carbocycles. The van der Waals surface area contributed by atoms with Crippen LogP contribution in [0, 0.1) is 6.92 Å². The Morgan fingerprint density at radius 3 is 2.93 bits per heavy atom. The first-order valence-corrected chi connectivity index (χ1v) is 9.72. The van der Waals surface area contributed by atoms with E-state index in [-0.39, 0.29) is 18.6 Å². The smallest absolute Gasteiger partial charge is 0.258 e. The predicted octanol–water partition coefficient (Wildman–Crippen LogP) is 3.33. The van der Waals surface area contributed by atoms with Crippen LogP contribution in [0.4, 0.5) is 0 Å². The van der Waals surface area contributed by atoms with Crippen molar-refractivity contribution in [2.24, 2.45) is 0 Å². The van der Waals surface area contributed by atoms with Crippen LogP contribution in [-0.2, 0) is 11.2 Å². The summed E-state index contributed by atoms with van der Waals surface area (Å²) < 4.78 is 16.2. The average Bonchev–Trinajstić information content (AvgIpc) is 3.45. The van der Waals surface area contributed by atoms with Gasteiger partial charge in [0.1, 0.15) is 0 Å². The van der Waals surface area contributed by atoms with Crippen molar-refractivity contribution in [2.75, 3.05) is 19.9 Å². The lowest BCUT2D eigenvalue weighted by molar-refractivity contribution is -0.127. The van der Waals surface area contributed by atoms with Gasteiger partial charge in [0.25, 0.3) is 5.89 Å². The van der Waals surface area contributed by atoms with Crippen LogP contribution in [0.25, 0.3) is 11.5 Å². The Morgan fingerprint density at radius 1 is 1.14 bits per heavy atom. The van der Waals surface area contributed by atoms with Crippen molar-refractivity contribution in [2.45, 2.75) is 25.7 Å². The van der Waals surface area contributed by atoms with Crippen molar-refractivity contribution >= 4 is 5.91 Å². The molecule has 2 aliphatic heterocycles. The van der Waals surface area contributed by atoms with E-state index in [2.05, 4.69) is 41.3 Å². The van der Waals surface area contributed by atoms with Gasteiger partial charge in [0.05, 0.1) is 0 Å². The maximum absolute atomic E-state index is 12.5. The molecule has 0 saturated carbocycles. The van der Waals surface area contributed by atoms with Gasteiger partial charge in [-0.25, -0.2) is 0 Å². The lowest BCUT2D eigenvalue weighted by Crippen LogP contribution is -2.27. The van der Waals surface area contributed by atoms with Crippen molar-refractivity contribution in [3.05, 3.63) is 59.4 Å². The van der Waals surface area contributed by atoms with Gasteiger partial charge in [0, 0.05) is 31.0 Å². The molecule has 1 amide bonds. The van der Waals surface area contributed by atoms with Crippen molar-refractivity contribution < 1.29 is 18.8 Å². The lowest BCUT2D eigenvalue weighted by Gasteiger charge is -2.16. The molecule has 29 heavy (non-hydrogen) atoms. The third-order valence-corrected chi connectivity index (χ3v) is 5.39. The van der Waals surface area contributed by atoms with Crippen LogP contribution in [0.5, 0.6) is 11.5 Å². The summed E-state index contributed by atoms with van der Waals surface area (Å²) in [5, 5.41) is 4.13. The Bertz CT molecular complexity index is 1060. The van der Waals surface area contributed by atoms with E-state index in [1.54, 1.807) is 0 Å². The molecule has 7 nitrogen and oxygen atoms in total. The molecule has 1 fully saturated rings. The highest BCUT2D eigenvalue weighted by Crippen LogP contribution is 2.36. The molecule has 2 aliphatic rings. The molecule has 0 radical (unpaired) electrons. The minimum Gasteiger partial charge on any atom is -0.454 e. The minimum atomic E-state index is -0.0495. The third kappa shape index (κ3) is 3.55. The van der Waals surface area contributed by atoms with Crippen molar-refractivity contribution in [3.63, 3.8) is 0 Å². The fourth-order valence-electron chi connectivity index (χ4n) is 3.84. The number of ether oxygens (including phenoxy) is 2. The number of carbonyl (C=O) groups excluding carboxylic acids is 1. The number of rotatable bonds is 5. The van der Waals surface area contributed by atoms with Crippen LogP contribution in [0.15, 0.2) is 47.0 Å². The number of benzene rings is 2. The Kier molecular flexibility index (Phi) is 4.42. The molecule has 1 saturated heterocycles. The topological polar surface area (TPSA) is 77.7 Å². The molecular formula is C22H21N3O4. The molecule has 148 valence electrons. The lowest BCUT2D eigenvalue weighted by atomic mass is 10.1. The van der Waals surface area contributed by atoms with Crippen LogP contribution in [0.3, 0.4) is 0 Å². The third-order valence-electron chi connectivity index (χ3n) is 5.39. The van der Waals surface area contributed by atoms with Gasteiger partial charge < -0.3 is 18.9 Å². The monoisotopic (exact) mass is 391 g/mol. The van der Waals surface area contributed by atoms with Crippen LogP contribution in [0.1, 0.15) is 29.3 Å². The second kappa shape index (κ2) is 7.24. The second-order valence-electron chi connectivity index (χ2n) is 7.51. The zero-order chi connectivity index (χ0) is 19.8. The van der Waals surface area contributed by atoms with Crippen LogP contribution < -0.4 is 9.47 Å². The Balaban J connectivity index is 1.26. The number of carbonyl (C=O) groups is 1. The molecule has 5 rings (SSSR count). The van der Waals surface area contributed by atoms with Gasteiger partial charge in [-0.15, -0.1) is 0 Å². The molecule has 7 heteroatoms. The second-order valence-corrected chi connectivity index (χ2v) is 7.51. The SMILES string of the molecule is Cc1cccc(CCN2CC(c3noc(-c4ccc5c(c4)OCO5)n3)CC2=O)c1. The zero-order valence-corrected chi connectivity index (χ0v) is 16.1. The quantitative estimate of drug-likeness (QED) is 0.664. The molecule has 1 unspecified atom stereocenters. The van der Waals surface area contributed by atoms with Gasteiger partial charge >= 0.3 is 0 Å². The van der Waals surface area contributed by atoms with Crippen molar-refractivity contribution in [1.29, 1.82) is 0 Å². The molecule has 3 aromatic rings. The highest BCUT2D eigenvalue weighted by atomic mass is 16.7. The van der Waals surface area contributed by atoms with Crippen molar-refractivity contribution in [1.82, 2.24) is 15.0 Å². The van der Waals surface area contributed by atoms with E-state index in [1.165, 1.54) is 11.1 Å². The van der Waals surface area contributed by atoms with E-state index < -0.39 is 0 Å². The fourth-order valence-corrected chi connectivity index (χ4v) is 3.84. The summed E-state index contributed by atoms with van der Waals surface area (Å²) >= 11 is 0. The first-order chi connectivity index (χ1) is 14.2. The summed E-state index contributed by atoms with van der Waals surface area (Å²) in [6.45, 7) is 3.61. The van der Waals surface area contributed by atoms with E-state index in [4.69, 9.17) is 14.0 Å². The first-order valence-electron chi connectivity index (χ1n) is 9.72. The van der Waals surface area contributed by atoms with Crippen LogP contribution in [0.2, 0.25) is 0 Å². The number of hydrogen-bond acceptors (Lipinski definition) is 6. The van der Waals surface area contributed by atoms with E-state index in [0.717, 1.165) is 12.0 Å². The predicted molar refractivity (Wildman–Crippen MR) is 105 cm³/mol. The summed E-state index contributed by atoms with van der Waals surface area (Å²) in [6, 6.07) is 13.9. The van der Waals surface area contributed by atoms with Gasteiger partial charge in [0.15, 0.2) is 17.3 Å². The number of aromatic nitrogens is 2. The Hall–Kier alpha value is -3.35. The van der Waals surface area contributed by atoms with E-state index in [9.17, 15) is 4.79 Å². The zero-order valence-electron chi connectivity index (χ0n) is 16.1. The van der Waals surface area contributed by atoms with Gasteiger partial charge in [-0.05, 0) is 37.1 Å². The molecule has 0 N–H and O–H groups in total. The number of aryl methyl sites for hydroxylation is 1. The summed E-state index contributed by atoms with van der Waals surface area (Å²) in [5.74, 6) is 2.45. The summed E-state index contributed by atoms with van der Waals surface area (Å²) in [5.41, 5.74) is 3.25. The number of nitrogens with zero attached hydrogens (tertiary/aromatic N) is 3. The Morgan fingerprint density at radius 2 is 2.03 bits per heavy atom. The number of hydrogen-bond donors (Lipinski definition) is 0. The Labute approximate surface area is 168 Å². The number of likely N-dealkylation sites (tertiary alicyclic amines) is 1. The molecular weight excluding hydrogens is 370 g/mol. The summed E-state index contributed by atoms with van der Waals surface area (Å²) in [4.78, 5) is 18.9. The summed E-state index contributed by atoms with van der Waals surface area (Å²) in [6.07, 6.45) is 1.25. The highest BCUT2D eigenvalue weighted by molar-refractivity contribution is 5.79. The van der Waals surface area contributed by atoms with E-state index in [0.29, 0.717) is 42.7 Å². The standard InChI is InChI=1S/C22H21N3O4/c1-14-3-2-4-15(9-14)7-8-25-12-17(11-20(25)26)21-23-22(29-24-21)16-5-6-18-19(10-16)28-13-27-18/h2-6,9-10,17H,7-8,11-13H2,1H3. The molecule has 0 bridgehead atoms. The molecule has 3 heterocycles. The molecule has 1 aromatic heterocycles. The fraction of sp³-hybridized carbons (Fsp3) is 0.318. The van der Waals surface area contributed by atoms with Gasteiger partial charge in [-0.1, -0.05) is 35.0 Å². The van der Waals surface area contributed by atoms with Gasteiger partial charge in [0.2, 0.25) is 12.7 Å². The number of amides is 1. The van der Waals surface area contributed by atoms with Crippen LogP contribution >= 0.6 is 0 Å². The molecule has 1 atom stereocenters. The van der Waals surface area contributed by atoms with Crippen molar-refractivity contribution in [3.8, 4) is 23.0 Å². The normalized spacial score (nSPS) is 17.9. The molecule has 0 aliphatic carbocycles. The van der Waals surface area contributed by atoms with Gasteiger partial charge in [-0.2, -0.15) is 4.98 Å².